The Hall–Kier alpha value is -3.22. The van der Waals surface area contributed by atoms with Crippen LogP contribution in [0.2, 0.25) is 0 Å². The van der Waals surface area contributed by atoms with Gasteiger partial charge < -0.3 is 35.4 Å². The largest absolute Gasteiger partial charge is 0.481 e. The number of aliphatic carboxylic acids is 5. The standard InChI is InChI=1S/C17H28O6.C16H28O7/c1-2-3-4-5-6-7-8-9-10-13(15(19)20)17(16(21)22)12-11-14(18)23-17;1-2-3-4-5-6-7-8-9-10-12(14(19)20)16(23,15(21)22)11-13(17)18/h13H,2-12H2,1H3,(H,19,20)(H,21,22);12,23H,2-11H2,1H3,(H,17,18)(H,19,20)(H,21,22)/t13-,17+;12-,16-/m11/s1. The maximum atomic E-state index is 11.5. The number of carboxylic acids is 5. The van der Waals surface area contributed by atoms with Crippen molar-refractivity contribution < 1.29 is 64.1 Å². The summed E-state index contributed by atoms with van der Waals surface area (Å²) in [6.07, 6.45) is 15.3. The van der Waals surface area contributed by atoms with Crippen molar-refractivity contribution in [2.75, 3.05) is 0 Å². The molecule has 0 bridgehead atoms. The molecule has 1 fully saturated rings. The molecule has 1 saturated heterocycles. The van der Waals surface area contributed by atoms with Crippen molar-refractivity contribution in [3.63, 3.8) is 0 Å². The second-order valence-electron chi connectivity index (χ2n) is 12.3. The fourth-order valence-electron chi connectivity index (χ4n) is 5.80. The van der Waals surface area contributed by atoms with E-state index in [9.17, 15) is 44.1 Å². The van der Waals surface area contributed by atoms with Gasteiger partial charge in [-0.2, -0.15) is 0 Å². The topological polar surface area (TPSA) is 233 Å². The molecule has 6 N–H and O–H groups in total. The van der Waals surface area contributed by atoms with Gasteiger partial charge in [-0.25, -0.2) is 9.59 Å². The van der Waals surface area contributed by atoms with Crippen LogP contribution in [0.1, 0.15) is 149 Å². The summed E-state index contributed by atoms with van der Waals surface area (Å²) in [4.78, 5) is 67.5. The van der Waals surface area contributed by atoms with E-state index in [1.807, 2.05) is 0 Å². The van der Waals surface area contributed by atoms with Gasteiger partial charge in [0.05, 0.1) is 12.3 Å². The molecule has 1 aliphatic heterocycles. The van der Waals surface area contributed by atoms with Gasteiger partial charge in [0.2, 0.25) is 5.60 Å². The summed E-state index contributed by atoms with van der Waals surface area (Å²) in [5.74, 6) is -10.8. The first-order chi connectivity index (χ1) is 21.7. The summed E-state index contributed by atoms with van der Waals surface area (Å²) in [6.45, 7) is 4.30. The van der Waals surface area contributed by atoms with Gasteiger partial charge in [0.1, 0.15) is 5.92 Å². The summed E-state index contributed by atoms with van der Waals surface area (Å²) in [6, 6.07) is 0. The Bertz CT molecular complexity index is 965. The molecule has 0 unspecified atom stereocenters. The molecule has 0 spiro atoms. The zero-order valence-electron chi connectivity index (χ0n) is 27.5. The van der Waals surface area contributed by atoms with Crippen LogP contribution in [-0.4, -0.2) is 77.7 Å². The number of esters is 1. The molecule has 46 heavy (non-hydrogen) atoms. The molecule has 0 radical (unpaired) electrons. The van der Waals surface area contributed by atoms with Crippen LogP contribution in [0.3, 0.4) is 0 Å². The number of hydrogen-bond acceptors (Lipinski definition) is 8. The van der Waals surface area contributed by atoms with Gasteiger partial charge in [-0.1, -0.05) is 117 Å². The number of cyclic esters (lactones) is 1. The number of rotatable bonds is 26. The van der Waals surface area contributed by atoms with Crippen LogP contribution < -0.4 is 0 Å². The molecule has 13 heteroatoms. The lowest BCUT2D eigenvalue weighted by molar-refractivity contribution is -0.182. The molecule has 0 amide bonds. The number of carbonyl (C=O) groups is 6. The minimum absolute atomic E-state index is 0.0342. The molecule has 1 aliphatic rings. The van der Waals surface area contributed by atoms with Crippen molar-refractivity contribution in [3.8, 4) is 0 Å². The molecule has 0 aromatic rings. The lowest BCUT2D eigenvalue weighted by Gasteiger charge is -2.29. The maximum absolute atomic E-state index is 11.5. The van der Waals surface area contributed by atoms with E-state index in [0.29, 0.717) is 12.8 Å². The Kier molecular flexibility index (Phi) is 21.5. The first kappa shape index (κ1) is 42.8. The van der Waals surface area contributed by atoms with Crippen molar-refractivity contribution >= 4 is 35.8 Å². The Morgan fingerprint density at radius 3 is 1.46 bits per heavy atom. The molecular formula is C33H56O13. The highest BCUT2D eigenvalue weighted by Crippen LogP contribution is 2.37. The van der Waals surface area contributed by atoms with E-state index in [4.69, 9.17) is 20.1 Å². The molecule has 0 aromatic carbocycles. The number of unbranched alkanes of at least 4 members (excludes halogenated alkanes) is 14. The molecule has 0 saturated carbocycles. The summed E-state index contributed by atoms with van der Waals surface area (Å²) < 4.78 is 4.94. The van der Waals surface area contributed by atoms with Gasteiger partial charge in [0, 0.05) is 12.8 Å². The Labute approximate surface area is 271 Å². The zero-order chi connectivity index (χ0) is 35.2. The average molecular weight is 661 g/mol. The summed E-state index contributed by atoms with van der Waals surface area (Å²) in [5.41, 5.74) is -4.66. The Balaban J connectivity index is 0.000000880. The normalized spacial score (nSPS) is 18.4. The van der Waals surface area contributed by atoms with Crippen molar-refractivity contribution in [2.45, 2.75) is 160 Å². The van der Waals surface area contributed by atoms with Crippen LogP contribution in [0.25, 0.3) is 0 Å². The van der Waals surface area contributed by atoms with Crippen LogP contribution in [-0.2, 0) is 33.5 Å². The van der Waals surface area contributed by atoms with E-state index in [-0.39, 0.29) is 25.7 Å². The lowest BCUT2D eigenvalue weighted by atomic mass is 9.81. The Morgan fingerprint density at radius 1 is 0.696 bits per heavy atom. The van der Waals surface area contributed by atoms with Crippen LogP contribution >= 0.6 is 0 Å². The van der Waals surface area contributed by atoms with Gasteiger partial charge in [0.25, 0.3) is 0 Å². The van der Waals surface area contributed by atoms with E-state index in [1.165, 1.54) is 38.5 Å². The van der Waals surface area contributed by atoms with Gasteiger partial charge >= 0.3 is 35.8 Å². The predicted octanol–water partition coefficient (Wildman–Crippen LogP) is 5.89. The monoisotopic (exact) mass is 660 g/mol. The van der Waals surface area contributed by atoms with Gasteiger partial charge in [-0.3, -0.25) is 19.2 Å². The van der Waals surface area contributed by atoms with Crippen molar-refractivity contribution in [2.24, 2.45) is 11.8 Å². The summed E-state index contributed by atoms with van der Waals surface area (Å²) >= 11 is 0. The van der Waals surface area contributed by atoms with Crippen molar-refractivity contribution in [1.29, 1.82) is 0 Å². The molecule has 13 nitrogen and oxygen atoms in total. The van der Waals surface area contributed by atoms with Gasteiger partial charge in [0.15, 0.2) is 5.60 Å². The molecule has 266 valence electrons. The number of aliphatic hydroxyl groups is 1. The van der Waals surface area contributed by atoms with Gasteiger partial charge in [-0.05, 0) is 12.8 Å². The third-order valence-corrected chi connectivity index (χ3v) is 8.58. The lowest BCUT2D eigenvalue weighted by Crippen LogP contribution is -2.50. The molecule has 1 heterocycles. The highest BCUT2D eigenvalue weighted by Gasteiger charge is 2.56. The van der Waals surface area contributed by atoms with E-state index >= 15 is 0 Å². The molecule has 4 atom stereocenters. The smallest absolute Gasteiger partial charge is 0.349 e. The van der Waals surface area contributed by atoms with E-state index in [2.05, 4.69) is 13.8 Å². The fraction of sp³-hybridized carbons (Fsp3) is 0.818. The second-order valence-corrected chi connectivity index (χ2v) is 12.3. The molecule has 0 aromatic heterocycles. The second kappa shape index (κ2) is 23.2. The number of carboxylic acid groups (broad SMARTS) is 5. The van der Waals surface area contributed by atoms with Crippen LogP contribution in [0.5, 0.6) is 0 Å². The van der Waals surface area contributed by atoms with E-state index < -0.39 is 65.3 Å². The van der Waals surface area contributed by atoms with Crippen LogP contribution in [0, 0.1) is 11.8 Å². The highest BCUT2D eigenvalue weighted by molar-refractivity contribution is 5.91. The molecule has 1 rings (SSSR count). The van der Waals surface area contributed by atoms with Crippen molar-refractivity contribution in [1.82, 2.24) is 0 Å². The Morgan fingerprint density at radius 2 is 1.13 bits per heavy atom. The van der Waals surface area contributed by atoms with Crippen molar-refractivity contribution in [3.05, 3.63) is 0 Å². The molecule has 0 aliphatic carbocycles. The number of carbonyl (C=O) groups excluding carboxylic acids is 1. The molecular weight excluding hydrogens is 604 g/mol. The van der Waals surface area contributed by atoms with Gasteiger partial charge in [-0.15, -0.1) is 0 Å². The number of ether oxygens (including phenoxy) is 1. The van der Waals surface area contributed by atoms with Crippen LogP contribution in [0.15, 0.2) is 0 Å². The zero-order valence-corrected chi connectivity index (χ0v) is 27.5. The summed E-state index contributed by atoms with van der Waals surface area (Å²) in [5, 5.41) is 55.7. The van der Waals surface area contributed by atoms with E-state index in [1.54, 1.807) is 0 Å². The highest BCUT2D eigenvalue weighted by atomic mass is 16.6. The number of hydrogen-bond donors (Lipinski definition) is 6. The quantitative estimate of drug-likeness (QED) is 0.0470. The predicted molar refractivity (Wildman–Crippen MR) is 167 cm³/mol. The first-order valence-electron chi connectivity index (χ1n) is 16.8. The van der Waals surface area contributed by atoms with E-state index in [0.717, 1.165) is 51.4 Å². The first-order valence-corrected chi connectivity index (χ1v) is 16.8. The third kappa shape index (κ3) is 15.4. The SMILES string of the molecule is CCCCCCCCCC[C@H](C(=O)O)[C@](O)(CC(=O)O)C(=O)O.CCCCCCCCCC[C@H](C(=O)O)[C@]1(C(=O)O)CCC(=O)O1. The third-order valence-electron chi connectivity index (χ3n) is 8.58. The summed E-state index contributed by atoms with van der Waals surface area (Å²) in [7, 11) is 0. The average Bonchev–Trinajstić information content (AvgIpc) is 3.37. The maximum Gasteiger partial charge on any atom is 0.349 e. The fourth-order valence-corrected chi connectivity index (χ4v) is 5.80. The van der Waals surface area contributed by atoms with Crippen LogP contribution in [0.4, 0.5) is 0 Å². The minimum atomic E-state index is -2.78. The minimum Gasteiger partial charge on any atom is -0.481 e.